The highest BCUT2D eigenvalue weighted by Gasteiger charge is 2.30. The summed E-state index contributed by atoms with van der Waals surface area (Å²) in [6.45, 7) is 4.56. The van der Waals surface area contributed by atoms with Crippen LogP contribution >= 0.6 is 23.2 Å². The van der Waals surface area contributed by atoms with E-state index in [0.717, 1.165) is 5.56 Å². The molecular formula is C18H23Cl2NO3. The molecule has 0 atom stereocenters. The molecule has 2 rings (SSSR count). The number of rotatable bonds is 5. The van der Waals surface area contributed by atoms with Gasteiger partial charge in [0.2, 0.25) is 5.91 Å². The Hall–Kier alpha value is -1.26. The lowest BCUT2D eigenvalue weighted by molar-refractivity contribution is -0.144. The van der Waals surface area contributed by atoms with Crippen LogP contribution in [0, 0.1) is 11.8 Å². The molecule has 1 aliphatic carbocycles. The Balaban J connectivity index is 1.91. The molecular weight excluding hydrogens is 349 g/mol. The molecule has 0 spiro atoms. The van der Waals surface area contributed by atoms with Gasteiger partial charge in [0.25, 0.3) is 0 Å². The number of carboxylic acid groups (broad SMARTS) is 1. The van der Waals surface area contributed by atoms with Crippen molar-refractivity contribution in [3.8, 4) is 0 Å². The number of hydrogen-bond donors (Lipinski definition) is 2. The van der Waals surface area contributed by atoms with Crippen LogP contribution in [0.3, 0.4) is 0 Å². The smallest absolute Gasteiger partial charge is 0.306 e. The molecule has 0 bridgehead atoms. The standard InChI is InChI=1S/C18H23Cl2NO3/c1-18(2,13-7-8-14(19)15(20)9-13)10-21-16(22)11-3-5-12(6-4-11)17(23)24/h7-9,11-12H,3-6,10H2,1-2H3,(H,21,22)(H,23,24). The normalized spacial score (nSPS) is 21.3. The summed E-state index contributed by atoms with van der Waals surface area (Å²) in [5.41, 5.74) is 0.731. The maximum absolute atomic E-state index is 12.4. The van der Waals surface area contributed by atoms with Crippen LogP contribution in [-0.2, 0) is 15.0 Å². The zero-order valence-electron chi connectivity index (χ0n) is 13.9. The van der Waals surface area contributed by atoms with Gasteiger partial charge in [0.1, 0.15) is 0 Å². The maximum Gasteiger partial charge on any atom is 0.306 e. The second-order valence-electron chi connectivity index (χ2n) is 7.12. The Kier molecular flexibility index (Phi) is 6.16. The van der Waals surface area contributed by atoms with E-state index in [4.69, 9.17) is 28.3 Å². The summed E-state index contributed by atoms with van der Waals surface area (Å²) in [4.78, 5) is 23.3. The summed E-state index contributed by atoms with van der Waals surface area (Å²) in [6.07, 6.45) is 2.42. The average Bonchev–Trinajstić information content (AvgIpc) is 2.55. The van der Waals surface area contributed by atoms with Gasteiger partial charge < -0.3 is 10.4 Å². The van der Waals surface area contributed by atoms with Crippen molar-refractivity contribution in [2.45, 2.75) is 44.9 Å². The number of carboxylic acids is 1. The molecule has 1 amide bonds. The second kappa shape index (κ2) is 7.75. The zero-order valence-corrected chi connectivity index (χ0v) is 15.5. The number of amides is 1. The Bertz CT molecular complexity index is 623. The molecule has 2 N–H and O–H groups in total. The van der Waals surface area contributed by atoms with Gasteiger partial charge in [-0.1, -0.05) is 43.1 Å². The molecule has 4 nitrogen and oxygen atoms in total. The van der Waals surface area contributed by atoms with Crippen LogP contribution in [0.1, 0.15) is 45.1 Å². The summed E-state index contributed by atoms with van der Waals surface area (Å²) in [7, 11) is 0. The predicted molar refractivity (Wildman–Crippen MR) is 95.6 cm³/mol. The molecule has 0 aliphatic heterocycles. The first kappa shape index (κ1) is 19.1. The Labute approximate surface area is 152 Å². The Morgan fingerprint density at radius 2 is 1.71 bits per heavy atom. The summed E-state index contributed by atoms with van der Waals surface area (Å²) in [6, 6.07) is 5.50. The van der Waals surface area contributed by atoms with Crippen molar-refractivity contribution in [1.82, 2.24) is 5.32 Å². The van der Waals surface area contributed by atoms with Crippen molar-refractivity contribution in [1.29, 1.82) is 0 Å². The topological polar surface area (TPSA) is 66.4 Å². The predicted octanol–water partition coefficient (Wildman–Crippen LogP) is 4.28. The Morgan fingerprint density at radius 1 is 1.12 bits per heavy atom. The molecule has 0 aromatic heterocycles. The van der Waals surface area contributed by atoms with E-state index in [2.05, 4.69) is 5.32 Å². The molecule has 0 unspecified atom stereocenters. The van der Waals surface area contributed by atoms with E-state index >= 15 is 0 Å². The van der Waals surface area contributed by atoms with Gasteiger partial charge in [0.15, 0.2) is 0 Å². The second-order valence-corrected chi connectivity index (χ2v) is 7.93. The number of aliphatic carboxylic acids is 1. The van der Waals surface area contributed by atoms with Crippen LogP contribution in [0.4, 0.5) is 0 Å². The molecule has 24 heavy (non-hydrogen) atoms. The Morgan fingerprint density at radius 3 is 2.25 bits per heavy atom. The molecule has 1 saturated carbocycles. The van der Waals surface area contributed by atoms with Gasteiger partial charge in [0, 0.05) is 17.9 Å². The highest BCUT2D eigenvalue weighted by Crippen LogP contribution is 2.31. The minimum absolute atomic E-state index is 0.00646. The monoisotopic (exact) mass is 371 g/mol. The largest absolute Gasteiger partial charge is 0.481 e. The van der Waals surface area contributed by atoms with Crippen molar-refractivity contribution in [3.05, 3.63) is 33.8 Å². The van der Waals surface area contributed by atoms with Crippen LogP contribution in [0.15, 0.2) is 18.2 Å². The first-order valence-corrected chi connectivity index (χ1v) is 8.92. The summed E-state index contributed by atoms with van der Waals surface area (Å²) in [5.74, 6) is -1.14. The summed E-state index contributed by atoms with van der Waals surface area (Å²) >= 11 is 12.0. The minimum Gasteiger partial charge on any atom is -0.481 e. The quantitative estimate of drug-likeness (QED) is 0.811. The first-order valence-electron chi connectivity index (χ1n) is 8.17. The molecule has 1 aliphatic rings. The number of nitrogens with one attached hydrogen (secondary N) is 1. The highest BCUT2D eigenvalue weighted by molar-refractivity contribution is 6.42. The molecule has 0 radical (unpaired) electrons. The maximum atomic E-state index is 12.4. The van der Waals surface area contributed by atoms with Crippen LogP contribution in [0.25, 0.3) is 0 Å². The van der Waals surface area contributed by atoms with Crippen LogP contribution < -0.4 is 5.32 Å². The number of hydrogen-bond acceptors (Lipinski definition) is 2. The van der Waals surface area contributed by atoms with E-state index in [1.54, 1.807) is 6.07 Å². The molecule has 1 aromatic rings. The summed E-state index contributed by atoms with van der Waals surface area (Å²) in [5, 5.41) is 13.0. The van der Waals surface area contributed by atoms with Crippen molar-refractivity contribution >= 4 is 35.1 Å². The van der Waals surface area contributed by atoms with Gasteiger partial charge in [-0.25, -0.2) is 0 Å². The average molecular weight is 372 g/mol. The lowest BCUT2D eigenvalue weighted by atomic mass is 9.81. The van der Waals surface area contributed by atoms with Gasteiger partial charge in [-0.15, -0.1) is 0 Å². The van der Waals surface area contributed by atoms with Crippen molar-refractivity contribution in [3.63, 3.8) is 0 Å². The van der Waals surface area contributed by atoms with Gasteiger partial charge in [-0.2, -0.15) is 0 Å². The van der Waals surface area contributed by atoms with Gasteiger partial charge in [0.05, 0.1) is 16.0 Å². The third-order valence-corrected chi connectivity index (χ3v) is 5.59. The van der Waals surface area contributed by atoms with E-state index < -0.39 is 5.97 Å². The van der Waals surface area contributed by atoms with E-state index in [0.29, 0.717) is 42.3 Å². The molecule has 132 valence electrons. The SMILES string of the molecule is CC(C)(CNC(=O)C1CCC(C(=O)O)CC1)c1ccc(Cl)c(Cl)c1. The fraction of sp³-hybridized carbons (Fsp3) is 0.556. The first-order chi connectivity index (χ1) is 11.2. The number of halogens is 2. The number of benzene rings is 1. The fourth-order valence-electron chi connectivity index (χ4n) is 3.07. The van der Waals surface area contributed by atoms with E-state index in [1.807, 2.05) is 26.0 Å². The van der Waals surface area contributed by atoms with E-state index in [-0.39, 0.29) is 23.2 Å². The van der Waals surface area contributed by atoms with Crippen molar-refractivity contribution in [2.24, 2.45) is 11.8 Å². The minimum atomic E-state index is -0.755. The van der Waals surface area contributed by atoms with Crippen LogP contribution in [0.2, 0.25) is 10.0 Å². The third kappa shape index (κ3) is 4.64. The third-order valence-electron chi connectivity index (χ3n) is 4.85. The highest BCUT2D eigenvalue weighted by atomic mass is 35.5. The van der Waals surface area contributed by atoms with Gasteiger partial charge in [-0.05, 0) is 43.4 Å². The molecule has 1 fully saturated rings. The van der Waals surface area contributed by atoms with Crippen LogP contribution in [-0.4, -0.2) is 23.5 Å². The lowest BCUT2D eigenvalue weighted by Crippen LogP contribution is -2.41. The van der Waals surface area contributed by atoms with Gasteiger partial charge >= 0.3 is 5.97 Å². The number of carbonyl (C=O) groups is 2. The van der Waals surface area contributed by atoms with Crippen LogP contribution in [0.5, 0.6) is 0 Å². The van der Waals surface area contributed by atoms with E-state index in [1.165, 1.54) is 0 Å². The van der Waals surface area contributed by atoms with Crippen molar-refractivity contribution in [2.75, 3.05) is 6.54 Å². The van der Waals surface area contributed by atoms with Crippen molar-refractivity contribution < 1.29 is 14.7 Å². The molecule has 0 heterocycles. The zero-order chi connectivity index (χ0) is 17.9. The number of carbonyl (C=O) groups excluding carboxylic acids is 1. The molecule has 6 heteroatoms. The lowest BCUT2D eigenvalue weighted by Gasteiger charge is -2.29. The molecule has 0 saturated heterocycles. The van der Waals surface area contributed by atoms with E-state index in [9.17, 15) is 9.59 Å². The fourth-order valence-corrected chi connectivity index (χ4v) is 3.37. The van der Waals surface area contributed by atoms with Gasteiger partial charge in [-0.3, -0.25) is 9.59 Å². The summed E-state index contributed by atoms with van der Waals surface area (Å²) < 4.78 is 0. The molecule has 1 aromatic carbocycles.